The Morgan fingerprint density at radius 1 is 1.24 bits per heavy atom. The smallest absolute Gasteiger partial charge is 0.246 e. The van der Waals surface area contributed by atoms with Crippen LogP contribution in [-0.2, 0) is 11.2 Å². The summed E-state index contributed by atoms with van der Waals surface area (Å²) in [6.45, 7) is 4.21. The maximum atomic E-state index is 11.8. The van der Waals surface area contributed by atoms with Gasteiger partial charge in [-0.15, -0.1) is 11.3 Å². The molecule has 0 spiro atoms. The highest BCUT2D eigenvalue weighted by atomic mass is 32.1. The van der Waals surface area contributed by atoms with Crippen molar-refractivity contribution in [3.05, 3.63) is 45.9 Å². The molecule has 1 fully saturated rings. The molecule has 0 bridgehead atoms. The first-order valence-corrected chi connectivity index (χ1v) is 9.66. The number of carbonyl (C=O) groups is 1. The normalized spacial score (nSPS) is 15.3. The average Bonchev–Trinajstić information content (AvgIpc) is 2.86. The lowest BCUT2D eigenvalue weighted by atomic mass is 10.2. The van der Waals surface area contributed by atoms with Crippen LogP contribution in [0.4, 0.5) is 5.69 Å². The molecular formula is C19H24N4OS. The lowest BCUT2D eigenvalue weighted by molar-refractivity contribution is -0.120. The Hall–Kier alpha value is -2.21. The molecule has 0 atom stereocenters. The summed E-state index contributed by atoms with van der Waals surface area (Å²) < 4.78 is 0. The van der Waals surface area contributed by atoms with E-state index in [1.807, 2.05) is 24.4 Å². The van der Waals surface area contributed by atoms with Crippen molar-refractivity contribution < 1.29 is 4.79 Å². The number of nitrogens with one attached hydrogen (secondary N) is 1. The summed E-state index contributed by atoms with van der Waals surface area (Å²) in [5.41, 5.74) is 5.59. The van der Waals surface area contributed by atoms with E-state index in [4.69, 9.17) is 0 Å². The van der Waals surface area contributed by atoms with Crippen molar-refractivity contribution >= 4 is 29.1 Å². The van der Waals surface area contributed by atoms with Gasteiger partial charge >= 0.3 is 0 Å². The van der Waals surface area contributed by atoms with Gasteiger partial charge in [-0.3, -0.25) is 4.79 Å². The number of aryl methyl sites for hydroxylation is 1. The molecule has 2 aromatic rings. The van der Waals surface area contributed by atoms with Crippen LogP contribution in [-0.4, -0.2) is 30.2 Å². The van der Waals surface area contributed by atoms with E-state index in [1.165, 1.54) is 31.4 Å². The number of hydrazone groups is 1. The number of hydrogen-bond donors (Lipinski definition) is 1. The Morgan fingerprint density at radius 3 is 2.60 bits per heavy atom. The Kier molecular flexibility index (Phi) is 6.17. The van der Waals surface area contributed by atoms with Crippen LogP contribution in [0.5, 0.6) is 0 Å². The summed E-state index contributed by atoms with van der Waals surface area (Å²) >= 11 is 1.55. The van der Waals surface area contributed by atoms with E-state index >= 15 is 0 Å². The summed E-state index contributed by atoms with van der Waals surface area (Å²) in [6.07, 6.45) is 7.15. The fourth-order valence-electron chi connectivity index (χ4n) is 2.97. The molecule has 0 saturated carbocycles. The molecule has 1 aromatic carbocycles. The quantitative estimate of drug-likeness (QED) is 0.659. The number of benzene rings is 1. The second-order valence-electron chi connectivity index (χ2n) is 6.32. The highest BCUT2D eigenvalue weighted by Gasteiger charge is 2.09. The van der Waals surface area contributed by atoms with Gasteiger partial charge < -0.3 is 4.90 Å². The van der Waals surface area contributed by atoms with Crippen LogP contribution in [0.2, 0.25) is 0 Å². The molecule has 0 unspecified atom stereocenters. The summed E-state index contributed by atoms with van der Waals surface area (Å²) in [5.74, 6) is -0.150. The van der Waals surface area contributed by atoms with E-state index in [-0.39, 0.29) is 12.3 Å². The van der Waals surface area contributed by atoms with Crippen molar-refractivity contribution in [2.24, 2.45) is 5.10 Å². The molecule has 1 amide bonds. The third-order valence-electron chi connectivity index (χ3n) is 4.28. The van der Waals surface area contributed by atoms with Crippen molar-refractivity contribution in [1.29, 1.82) is 0 Å². The fraction of sp³-hybridized carbons (Fsp3) is 0.421. The predicted octanol–water partition coefficient (Wildman–Crippen LogP) is 3.52. The number of hydrogen-bond acceptors (Lipinski definition) is 5. The number of amides is 1. The van der Waals surface area contributed by atoms with Crippen molar-refractivity contribution in [3.63, 3.8) is 0 Å². The van der Waals surface area contributed by atoms with Gasteiger partial charge in [-0.25, -0.2) is 10.4 Å². The molecule has 0 radical (unpaired) electrons. The minimum Gasteiger partial charge on any atom is -0.372 e. The number of aromatic nitrogens is 1. The number of nitrogens with zero attached hydrogens (tertiary/aromatic N) is 3. The van der Waals surface area contributed by atoms with Gasteiger partial charge in [0.2, 0.25) is 5.91 Å². The molecule has 6 heteroatoms. The minimum atomic E-state index is -0.150. The molecule has 1 aromatic heterocycles. The van der Waals surface area contributed by atoms with Crippen LogP contribution in [0.3, 0.4) is 0 Å². The lowest BCUT2D eigenvalue weighted by Gasteiger charge is -2.22. The number of thiazole rings is 1. The van der Waals surface area contributed by atoms with Crippen molar-refractivity contribution in [1.82, 2.24) is 10.4 Å². The second-order valence-corrected chi connectivity index (χ2v) is 7.38. The largest absolute Gasteiger partial charge is 0.372 e. The third-order valence-corrected chi connectivity index (χ3v) is 5.10. The highest BCUT2D eigenvalue weighted by molar-refractivity contribution is 7.09. The van der Waals surface area contributed by atoms with Gasteiger partial charge in [0.15, 0.2) is 0 Å². The van der Waals surface area contributed by atoms with Gasteiger partial charge in [-0.2, -0.15) is 5.10 Å². The Bertz CT molecular complexity index is 715. The summed E-state index contributed by atoms with van der Waals surface area (Å²) in [7, 11) is 0. The van der Waals surface area contributed by atoms with Crippen LogP contribution in [0, 0.1) is 6.92 Å². The van der Waals surface area contributed by atoms with Crippen LogP contribution in [0.1, 0.15) is 41.9 Å². The maximum absolute atomic E-state index is 11.8. The minimum absolute atomic E-state index is 0.150. The standard InChI is InChI=1S/C19H24N4OS/c1-15-21-17(14-25-15)12-19(24)22-20-13-16-6-8-18(9-7-16)23-10-4-2-3-5-11-23/h6-9,13-14H,2-5,10-12H2,1H3,(H,22,24)/b20-13-. The third kappa shape index (κ3) is 5.39. The van der Waals surface area contributed by atoms with Gasteiger partial charge in [0.1, 0.15) is 0 Å². The van der Waals surface area contributed by atoms with E-state index in [2.05, 4.69) is 32.5 Å². The molecule has 1 aliphatic heterocycles. The monoisotopic (exact) mass is 356 g/mol. The van der Waals surface area contributed by atoms with E-state index in [0.29, 0.717) is 0 Å². The number of carbonyl (C=O) groups excluding carboxylic acids is 1. The first-order chi connectivity index (χ1) is 12.2. The van der Waals surface area contributed by atoms with Gasteiger partial charge in [-0.05, 0) is 37.5 Å². The lowest BCUT2D eigenvalue weighted by Crippen LogP contribution is -2.23. The van der Waals surface area contributed by atoms with E-state index in [1.54, 1.807) is 17.6 Å². The number of anilines is 1. The second kappa shape index (κ2) is 8.76. The zero-order valence-electron chi connectivity index (χ0n) is 14.6. The number of rotatable bonds is 5. The van der Waals surface area contributed by atoms with Crippen LogP contribution >= 0.6 is 11.3 Å². The van der Waals surface area contributed by atoms with Gasteiger partial charge in [-0.1, -0.05) is 25.0 Å². The topological polar surface area (TPSA) is 57.6 Å². The molecule has 0 aliphatic carbocycles. The Morgan fingerprint density at radius 2 is 1.96 bits per heavy atom. The zero-order valence-corrected chi connectivity index (χ0v) is 15.4. The van der Waals surface area contributed by atoms with Crippen molar-refractivity contribution in [3.8, 4) is 0 Å². The van der Waals surface area contributed by atoms with Crippen molar-refractivity contribution in [2.45, 2.75) is 39.0 Å². The molecule has 1 saturated heterocycles. The van der Waals surface area contributed by atoms with Gasteiger partial charge in [0.25, 0.3) is 0 Å². The molecule has 2 heterocycles. The van der Waals surface area contributed by atoms with E-state index in [0.717, 1.165) is 29.4 Å². The Labute approximate surface area is 152 Å². The fourth-order valence-corrected chi connectivity index (χ4v) is 3.58. The predicted molar refractivity (Wildman–Crippen MR) is 103 cm³/mol. The molecular weight excluding hydrogens is 332 g/mol. The molecule has 3 rings (SSSR count). The van der Waals surface area contributed by atoms with E-state index in [9.17, 15) is 4.79 Å². The Balaban J connectivity index is 1.50. The van der Waals surface area contributed by atoms with Crippen LogP contribution in [0.25, 0.3) is 0 Å². The zero-order chi connectivity index (χ0) is 17.5. The average molecular weight is 356 g/mol. The van der Waals surface area contributed by atoms with E-state index < -0.39 is 0 Å². The molecule has 5 nitrogen and oxygen atoms in total. The van der Waals surface area contributed by atoms with Gasteiger partial charge in [0, 0.05) is 24.2 Å². The van der Waals surface area contributed by atoms with Crippen molar-refractivity contribution in [2.75, 3.05) is 18.0 Å². The molecule has 1 aliphatic rings. The molecule has 132 valence electrons. The first-order valence-electron chi connectivity index (χ1n) is 8.78. The van der Waals surface area contributed by atoms with Gasteiger partial charge in [0.05, 0.1) is 23.3 Å². The summed E-state index contributed by atoms with van der Waals surface area (Å²) in [4.78, 5) is 18.6. The maximum Gasteiger partial charge on any atom is 0.246 e. The molecule has 25 heavy (non-hydrogen) atoms. The summed E-state index contributed by atoms with van der Waals surface area (Å²) in [6, 6.07) is 8.35. The SMILES string of the molecule is Cc1nc(CC(=O)N/N=C\c2ccc(N3CCCCCC3)cc2)cs1. The summed E-state index contributed by atoms with van der Waals surface area (Å²) in [5, 5.41) is 6.91. The first kappa shape index (κ1) is 17.6. The van der Waals surface area contributed by atoms with Crippen LogP contribution in [0.15, 0.2) is 34.7 Å². The highest BCUT2D eigenvalue weighted by Crippen LogP contribution is 2.19. The molecule has 1 N–H and O–H groups in total. The van der Waals surface area contributed by atoms with Crippen LogP contribution < -0.4 is 10.3 Å².